The van der Waals surface area contributed by atoms with E-state index in [1.807, 2.05) is 0 Å². The van der Waals surface area contributed by atoms with Gasteiger partial charge in [-0.25, -0.2) is 4.79 Å². The highest BCUT2D eigenvalue weighted by Crippen LogP contribution is 2.41. The Balaban J connectivity index is 1.63. The summed E-state index contributed by atoms with van der Waals surface area (Å²) in [6, 6.07) is 5.57. The largest absolute Gasteiger partial charge is 0.496 e. The van der Waals surface area contributed by atoms with Gasteiger partial charge in [0.2, 0.25) is 5.91 Å². The Hall–Kier alpha value is -2.08. The summed E-state index contributed by atoms with van der Waals surface area (Å²) < 4.78 is 5.53. The summed E-state index contributed by atoms with van der Waals surface area (Å²) in [5.74, 6) is -0.0216. The molecule has 1 unspecified atom stereocenters. The molecule has 0 bridgehead atoms. The number of likely N-dealkylation sites (tertiary alicyclic amines) is 2. The standard InChI is InChI=1S/C21H30N2O4/c1-15-4-5-17(18(12-15)27-3)13-22-10-8-21(9-11-22)7-6-19(24)23(14-21)16(2)20(25)26/h4-5,12,16H,6-11,13-14H2,1-3H3,(H,25,26). The fourth-order valence-electron chi connectivity index (χ4n) is 4.35. The van der Waals surface area contributed by atoms with Gasteiger partial charge in [0, 0.05) is 25.1 Å². The molecule has 3 rings (SSSR count). The number of piperidine rings is 2. The van der Waals surface area contributed by atoms with Crippen molar-refractivity contribution in [1.29, 1.82) is 0 Å². The molecule has 1 aromatic carbocycles. The topological polar surface area (TPSA) is 70.1 Å². The van der Waals surface area contributed by atoms with Crippen LogP contribution in [0.4, 0.5) is 0 Å². The molecule has 2 aliphatic heterocycles. The van der Waals surface area contributed by atoms with Crippen molar-refractivity contribution in [3.8, 4) is 5.75 Å². The van der Waals surface area contributed by atoms with E-state index in [1.54, 1.807) is 18.9 Å². The van der Waals surface area contributed by atoms with Gasteiger partial charge in [0.25, 0.3) is 0 Å². The van der Waals surface area contributed by atoms with Gasteiger partial charge in [0.1, 0.15) is 11.8 Å². The second-order valence-electron chi connectivity index (χ2n) is 8.13. The fourth-order valence-corrected chi connectivity index (χ4v) is 4.35. The Bertz CT molecular complexity index is 710. The lowest BCUT2D eigenvalue weighted by atomic mass is 9.72. The summed E-state index contributed by atoms with van der Waals surface area (Å²) in [7, 11) is 1.71. The van der Waals surface area contributed by atoms with Gasteiger partial charge in [-0.15, -0.1) is 0 Å². The van der Waals surface area contributed by atoms with Crippen molar-refractivity contribution in [2.75, 3.05) is 26.7 Å². The van der Waals surface area contributed by atoms with E-state index < -0.39 is 12.0 Å². The van der Waals surface area contributed by atoms with Crippen molar-refractivity contribution in [3.05, 3.63) is 29.3 Å². The van der Waals surface area contributed by atoms with Crippen LogP contribution in [0.15, 0.2) is 18.2 Å². The van der Waals surface area contributed by atoms with E-state index in [0.717, 1.165) is 44.6 Å². The number of nitrogens with zero attached hydrogens (tertiary/aromatic N) is 2. The molecule has 148 valence electrons. The lowest BCUT2D eigenvalue weighted by Gasteiger charge is -2.48. The molecule has 0 radical (unpaired) electrons. The van der Waals surface area contributed by atoms with E-state index in [4.69, 9.17) is 4.74 Å². The van der Waals surface area contributed by atoms with Gasteiger partial charge >= 0.3 is 5.97 Å². The van der Waals surface area contributed by atoms with Crippen molar-refractivity contribution in [3.63, 3.8) is 0 Å². The molecule has 1 N–H and O–H groups in total. The Labute approximate surface area is 161 Å². The monoisotopic (exact) mass is 374 g/mol. The fraction of sp³-hybridized carbons (Fsp3) is 0.619. The van der Waals surface area contributed by atoms with Gasteiger partial charge in [0.15, 0.2) is 0 Å². The van der Waals surface area contributed by atoms with Crippen molar-refractivity contribution >= 4 is 11.9 Å². The molecule has 0 aromatic heterocycles. The summed E-state index contributed by atoms with van der Waals surface area (Å²) in [6.07, 6.45) is 3.33. The number of amides is 1. The minimum absolute atomic E-state index is 0.0256. The van der Waals surface area contributed by atoms with Crippen LogP contribution in [0.3, 0.4) is 0 Å². The Kier molecular flexibility index (Phi) is 5.75. The Morgan fingerprint density at radius 3 is 2.63 bits per heavy atom. The highest BCUT2D eigenvalue weighted by Gasteiger charge is 2.43. The second-order valence-corrected chi connectivity index (χ2v) is 8.13. The summed E-state index contributed by atoms with van der Waals surface area (Å²) in [5.41, 5.74) is 2.44. The van der Waals surface area contributed by atoms with E-state index in [-0.39, 0.29) is 11.3 Å². The van der Waals surface area contributed by atoms with Crippen molar-refractivity contribution in [2.24, 2.45) is 5.41 Å². The SMILES string of the molecule is COc1cc(C)ccc1CN1CCC2(CCC(=O)N(C(C)C(=O)O)C2)CC1. The highest BCUT2D eigenvalue weighted by molar-refractivity contribution is 5.84. The molecular formula is C21H30N2O4. The summed E-state index contributed by atoms with van der Waals surface area (Å²) in [6.45, 7) is 7.01. The number of carboxylic acids is 1. The van der Waals surface area contributed by atoms with Crippen molar-refractivity contribution in [1.82, 2.24) is 9.80 Å². The molecular weight excluding hydrogens is 344 g/mol. The third kappa shape index (κ3) is 4.26. The van der Waals surface area contributed by atoms with Crippen LogP contribution in [0, 0.1) is 12.3 Å². The number of benzene rings is 1. The van der Waals surface area contributed by atoms with Crippen LogP contribution >= 0.6 is 0 Å². The lowest BCUT2D eigenvalue weighted by Crippen LogP contribution is -2.55. The molecule has 2 aliphatic rings. The molecule has 6 nitrogen and oxygen atoms in total. The zero-order valence-electron chi connectivity index (χ0n) is 16.5. The first-order valence-electron chi connectivity index (χ1n) is 9.72. The molecule has 0 aliphatic carbocycles. The van der Waals surface area contributed by atoms with Crippen molar-refractivity contribution < 1.29 is 19.4 Å². The first kappa shape index (κ1) is 19.7. The van der Waals surface area contributed by atoms with Crippen molar-refractivity contribution in [2.45, 2.75) is 52.1 Å². The minimum atomic E-state index is -0.927. The van der Waals surface area contributed by atoms with E-state index in [0.29, 0.717) is 13.0 Å². The van der Waals surface area contributed by atoms with Crippen LogP contribution in [0.1, 0.15) is 43.7 Å². The molecule has 6 heteroatoms. The first-order chi connectivity index (χ1) is 12.8. The van der Waals surface area contributed by atoms with Gasteiger partial charge in [-0.3, -0.25) is 9.69 Å². The maximum absolute atomic E-state index is 12.2. The number of carbonyl (C=O) groups excluding carboxylic acids is 1. The number of aliphatic carboxylic acids is 1. The van der Waals surface area contributed by atoms with Crippen LogP contribution in [0.25, 0.3) is 0 Å². The average Bonchev–Trinajstić information content (AvgIpc) is 2.66. The van der Waals surface area contributed by atoms with Gasteiger partial charge in [0.05, 0.1) is 7.11 Å². The number of carbonyl (C=O) groups is 2. The van der Waals surface area contributed by atoms with E-state index >= 15 is 0 Å². The molecule has 27 heavy (non-hydrogen) atoms. The van der Waals surface area contributed by atoms with Crippen LogP contribution in [0.2, 0.25) is 0 Å². The molecule has 2 heterocycles. The summed E-state index contributed by atoms with van der Waals surface area (Å²) >= 11 is 0. The van der Waals surface area contributed by atoms with E-state index in [2.05, 4.69) is 30.0 Å². The molecule has 1 amide bonds. The van der Waals surface area contributed by atoms with Crippen LogP contribution in [0.5, 0.6) is 5.75 Å². The summed E-state index contributed by atoms with van der Waals surface area (Å²) in [4.78, 5) is 27.6. The number of carboxylic acid groups (broad SMARTS) is 1. The number of rotatable bonds is 5. The van der Waals surface area contributed by atoms with Crippen LogP contribution in [-0.2, 0) is 16.1 Å². The van der Waals surface area contributed by atoms with Gasteiger partial charge < -0.3 is 14.7 Å². The third-order valence-electron chi connectivity index (χ3n) is 6.27. The predicted octanol–water partition coefficient (Wildman–Crippen LogP) is 2.68. The minimum Gasteiger partial charge on any atom is -0.496 e. The maximum atomic E-state index is 12.2. The third-order valence-corrected chi connectivity index (χ3v) is 6.27. The number of aryl methyl sites for hydroxylation is 1. The zero-order chi connectivity index (χ0) is 19.6. The second kappa shape index (κ2) is 7.89. The lowest BCUT2D eigenvalue weighted by molar-refractivity contribution is -0.155. The van der Waals surface area contributed by atoms with E-state index in [9.17, 15) is 14.7 Å². The molecule has 1 atom stereocenters. The number of hydrogen-bond acceptors (Lipinski definition) is 4. The first-order valence-corrected chi connectivity index (χ1v) is 9.72. The summed E-state index contributed by atoms with van der Waals surface area (Å²) in [5, 5.41) is 9.30. The number of ether oxygens (including phenoxy) is 1. The normalized spacial score (nSPS) is 21.3. The maximum Gasteiger partial charge on any atom is 0.326 e. The van der Waals surface area contributed by atoms with E-state index in [1.165, 1.54) is 11.1 Å². The Morgan fingerprint density at radius 1 is 1.30 bits per heavy atom. The molecule has 2 saturated heterocycles. The smallest absolute Gasteiger partial charge is 0.326 e. The zero-order valence-corrected chi connectivity index (χ0v) is 16.5. The predicted molar refractivity (Wildman–Crippen MR) is 103 cm³/mol. The van der Waals surface area contributed by atoms with Gasteiger partial charge in [-0.2, -0.15) is 0 Å². The molecule has 2 fully saturated rings. The molecule has 0 saturated carbocycles. The number of methoxy groups -OCH3 is 1. The van der Waals surface area contributed by atoms with Gasteiger partial charge in [-0.05, 0) is 63.2 Å². The van der Waals surface area contributed by atoms with Crippen LogP contribution in [-0.4, -0.2) is 59.6 Å². The van der Waals surface area contributed by atoms with Gasteiger partial charge in [-0.1, -0.05) is 12.1 Å². The number of hydrogen-bond donors (Lipinski definition) is 1. The Morgan fingerprint density at radius 2 is 2.00 bits per heavy atom. The van der Waals surface area contributed by atoms with Crippen LogP contribution < -0.4 is 4.74 Å². The molecule has 1 aromatic rings. The highest BCUT2D eigenvalue weighted by atomic mass is 16.5. The average molecular weight is 374 g/mol. The quantitative estimate of drug-likeness (QED) is 0.858. The molecule has 1 spiro atoms.